The van der Waals surface area contributed by atoms with E-state index in [1.165, 1.54) is 11.1 Å². The zero-order valence-electron chi connectivity index (χ0n) is 11.2. The summed E-state index contributed by atoms with van der Waals surface area (Å²) in [7, 11) is 3.34. The van der Waals surface area contributed by atoms with Crippen molar-refractivity contribution in [2.45, 2.75) is 5.92 Å². The molecule has 0 N–H and O–H groups in total. The summed E-state index contributed by atoms with van der Waals surface area (Å²) in [5, 5.41) is 0. The molecule has 0 unspecified atom stereocenters. The van der Waals surface area contributed by atoms with Crippen LogP contribution >= 0.6 is 24.8 Å². The highest BCUT2D eigenvalue weighted by Crippen LogP contribution is 2.48. The first-order valence-corrected chi connectivity index (χ1v) is 7.10. The minimum atomic E-state index is 0.00327. The van der Waals surface area contributed by atoms with E-state index in [1.54, 1.807) is 14.2 Å². The normalized spacial score (nSPS) is 12.8. The molecule has 1 aliphatic carbocycles. The van der Waals surface area contributed by atoms with E-state index < -0.39 is 0 Å². The van der Waals surface area contributed by atoms with Crippen LogP contribution in [0.15, 0.2) is 36.4 Å². The average molecular weight is 302 g/mol. The van der Waals surface area contributed by atoms with Crippen molar-refractivity contribution in [2.24, 2.45) is 0 Å². The van der Waals surface area contributed by atoms with Gasteiger partial charge in [0.1, 0.15) is 11.5 Å². The van der Waals surface area contributed by atoms with Gasteiger partial charge in [-0.05, 0) is 46.5 Å². The molecule has 0 radical (unpaired) electrons. The van der Waals surface area contributed by atoms with Crippen LogP contribution < -0.4 is 9.47 Å². The van der Waals surface area contributed by atoms with Gasteiger partial charge < -0.3 is 9.47 Å². The number of rotatable bonds is 3. The Morgan fingerprint density at radius 2 is 1.40 bits per heavy atom. The maximum absolute atomic E-state index is 5.35. The SMILES string of the molecule is COc1ccc2c(c1)C(C(=S)S)c1cc(OC)ccc1-2. The van der Waals surface area contributed by atoms with Crippen molar-refractivity contribution < 1.29 is 9.47 Å². The predicted molar refractivity (Wildman–Crippen MR) is 88.4 cm³/mol. The van der Waals surface area contributed by atoms with Gasteiger partial charge in [0.05, 0.1) is 24.3 Å². The van der Waals surface area contributed by atoms with Gasteiger partial charge in [0.2, 0.25) is 0 Å². The van der Waals surface area contributed by atoms with Crippen LogP contribution in [0, 0.1) is 0 Å². The first-order chi connectivity index (χ1) is 9.65. The first-order valence-electron chi connectivity index (χ1n) is 6.24. The van der Waals surface area contributed by atoms with Gasteiger partial charge in [-0.15, -0.1) is 12.6 Å². The third kappa shape index (κ3) is 2.00. The van der Waals surface area contributed by atoms with E-state index >= 15 is 0 Å². The fourth-order valence-corrected chi connectivity index (χ4v) is 3.27. The summed E-state index contributed by atoms with van der Waals surface area (Å²) in [6.45, 7) is 0. The van der Waals surface area contributed by atoms with Crippen LogP contribution in [0.2, 0.25) is 0 Å². The predicted octanol–water partition coefficient (Wildman–Crippen LogP) is 4.07. The van der Waals surface area contributed by atoms with Crippen LogP contribution in [0.3, 0.4) is 0 Å². The molecule has 1 aliphatic rings. The highest BCUT2D eigenvalue weighted by Gasteiger charge is 2.31. The molecule has 0 aliphatic heterocycles. The quantitative estimate of drug-likeness (QED) is 0.681. The van der Waals surface area contributed by atoms with Gasteiger partial charge in [0.25, 0.3) is 0 Å². The average Bonchev–Trinajstić information content (AvgIpc) is 2.79. The van der Waals surface area contributed by atoms with Crippen molar-refractivity contribution in [3.63, 3.8) is 0 Å². The number of hydrogen-bond donors (Lipinski definition) is 1. The minimum absolute atomic E-state index is 0.00327. The summed E-state index contributed by atoms with van der Waals surface area (Å²) in [4.78, 5) is 0. The lowest BCUT2D eigenvalue weighted by Gasteiger charge is -2.12. The Bertz CT molecular complexity index is 641. The Balaban J connectivity index is 2.24. The van der Waals surface area contributed by atoms with Crippen LogP contribution in [-0.2, 0) is 0 Å². The smallest absolute Gasteiger partial charge is 0.119 e. The van der Waals surface area contributed by atoms with Crippen LogP contribution in [-0.4, -0.2) is 18.4 Å². The number of ether oxygens (including phenoxy) is 2. The fraction of sp³-hybridized carbons (Fsp3) is 0.188. The molecule has 0 atom stereocenters. The molecule has 2 nitrogen and oxygen atoms in total. The van der Waals surface area contributed by atoms with Crippen molar-refractivity contribution in [3.8, 4) is 22.6 Å². The topological polar surface area (TPSA) is 18.5 Å². The molecule has 102 valence electrons. The Hall–Kier alpha value is -1.52. The molecule has 0 fully saturated rings. The second-order valence-corrected chi connectivity index (χ2v) is 5.90. The second-order valence-electron chi connectivity index (χ2n) is 4.68. The van der Waals surface area contributed by atoms with Crippen LogP contribution in [0.25, 0.3) is 11.1 Å². The molecule has 2 aromatic rings. The van der Waals surface area contributed by atoms with E-state index in [1.807, 2.05) is 24.3 Å². The molecule has 3 rings (SSSR count). The molecule has 4 heteroatoms. The fourth-order valence-electron chi connectivity index (χ4n) is 2.74. The molecule has 0 bridgehead atoms. The first kappa shape index (κ1) is 13.5. The van der Waals surface area contributed by atoms with Gasteiger partial charge >= 0.3 is 0 Å². The van der Waals surface area contributed by atoms with Crippen LogP contribution in [0.4, 0.5) is 0 Å². The Morgan fingerprint density at radius 1 is 0.950 bits per heavy atom. The highest BCUT2D eigenvalue weighted by atomic mass is 32.1. The molecule has 0 saturated heterocycles. The van der Waals surface area contributed by atoms with Crippen molar-refractivity contribution in [2.75, 3.05) is 14.2 Å². The maximum atomic E-state index is 5.35. The van der Waals surface area contributed by atoms with E-state index in [-0.39, 0.29) is 5.92 Å². The second kappa shape index (κ2) is 5.11. The molecule has 0 spiro atoms. The molecular weight excluding hydrogens is 288 g/mol. The third-order valence-electron chi connectivity index (χ3n) is 3.68. The largest absolute Gasteiger partial charge is 0.497 e. The minimum Gasteiger partial charge on any atom is -0.497 e. The van der Waals surface area contributed by atoms with Gasteiger partial charge in [0.15, 0.2) is 0 Å². The molecule has 0 saturated carbocycles. The summed E-state index contributed by atoms with van der Waals surface area (Å²) in [6.07, 6.45) is 0. The van der Waals surface area contributed by atoms with Gasteiger partial charge in [-0.2, -0.15) is 0 Å². The van der Waals surface area contributed by atoms with E-state index in [0.29, 0.717) is 4.20 Å². The number of methoxy groups -OCH3 is 2. The number of thiol groups is 1. The lowest BCUT2D eigenvalue weighted by Crippen LogP contribution is -2.03. The summed E-state index contributed by atoms with van der Waals surface area (Å²) < 4.78 is 11.3. The van der Waals surface area contributed by atoms with Crippen LogP contribution in [0.1, 0.15) is 17.0 Å². The Labute approximate surface area is 129 Å². The zero-order chi connectivity index (χ0) is 14.3. The Kier molecular flexibility index (Phi) is 3.44. The lowest BCUT2D eigenvalue weighted by atomic mass is 9.98. The Morgan fingerprint density at radius 3 is 1.75 bits per heavy atom. The van der Waals surface area contributed by atoms with Crippen LogP contribution in [0.5, 0.6) is 11.5 Å². The summed E-state index contributed by atoms with van der Waals surface area (Å²) >= 11 is 9.77. The standard InChI is InChI=1S/C16H14O2S2/c1-17-9-3-5-11-12-6-4-10(18-2)8-14(12)15(16(19)20)13(11)7-9/h3-8,15H,1-2H3,(H,19,20). The zero-order valence-corrected chi connectivity index (χ0v) is 12.9. The van der Waals surface area contributed by atoms with Crippen molar-refractivity contribution in [1.82, 2.24) is 0 Å². The molecule has 0 aromatic heterocycles. The molecule has 20 heavy (non-hydrogen) atoms. The van der Waals surface area contributed by atoms with Gasteiger partial charge in [-0.1, -0.05) is 24.4 Å². The number of hydrogen-bond acceptors (Lipinski definition) is 3. The number of thiocarbonyl (C=S) groups is 1. The van der Waals surface area contributed by atoms with Crippen molar-refractivity contribution >= 4 is 29.0 Å². The summed E-state index contributed by atoms with van der Waals surface area (Å²) in [5.74, 6) is 1.67. The third-order valence-corrected chi connectivity index (χ3v) is 4.17. The molecular formula is C16H14O2S2. The highest BCUT2D eigenvalue weighted by molar-refractivity contribution is 8.11. The van der Waals surface area contributed by atoms with Crippen molar-refractivity contribution in [3.05, 3.63) is 47.5 Å². The van der Waals surface area contributed by atoms with Gasteiger partial charge in [0, 0.05) is 0 Å². The summed E-state index contributed by atoms with van der Waals surface area (Å²) in [5.41, 5.74) is 4.66. The number of fused-ring (bicyclic) bond motifs is 3. The van der Waals surface area contributed by atoms with Crippen molar-refractivity contribution in [1.29, 1.82) is 0 Å². The number of benzene rings is 2. The molecule has 2 aromatic carbocycles. The molecule has 0 heterocycles. The molecule has 0 amide bonds. The van der Waals surface area contributed by atoms with E-state index in [0.717, 1.165) is 22.6 Å². The van der Waals surface area contributed by atoms with Gasteiger partial charge in [-0.25, -0.2) is 0 Å². The monoisotopic (exact) mass is 302 g/mol. The van der Waals surface area contributed by atoms with E-state index in [2.05, 4.69) is 24.8 Å². The van der Waals surface area contributed by atoms with E-state index in [9.17, 15) is 0 Å². The summed E-state index contributed by atoms with van der Waals surface area (Å²) in [6, 6.07) is 12.2. The van der Waals surface area contributed by atoms with Gasteiger partial charge in [-0.3, -0.25) is 0 Å². The van der Waals surface area contributed by atoms with E-state index in [4.69, 9.17) is 21.7 Å². The maximum Gasteiger partial charge on any atom is 0.119 e. The lowest BCUT2D eigenvalue weighted by molar-refractivity contribution is 0.414.